The van der Waals surface area contributed by atoms with Gasteiger partial charge in [-0.15, -0.1) is 0 Å². The first-order chi connectivity index (χ1) is 11.9. The van der Waals surface area contributed by atoms with Gasteiger partial charge in [-0.25, -0.2) is 4.79 Å². The number of rotatable bonds is 8. The van der Waals surface area contributed by atoms with Crippen LogP contribution in [0.5, 0.6) is 5.75 Å². The number of carbonyl (C=O) groups is 2. The fourth-order valence-corrected chi connectivity index (χ4v) is 2.34. The van der Waals surface area contributed by atoms with Crippen molar-refractivity contribution in [3.8, 4) is 5.75 Å². The number of nitrogens with zero attached hydrogens (tertiary/aromatic N) is 1. The van der Waals surface area contributed by atoms with E-state index in [2.05, 4.69) is 10.5 Å². The third kappa shape index (κ3) is 5.07. The van der Waals surface area contributed by atoms with Crippen LogP contribution in [0.2, 0.25) is 0 Å². The minimum atomic E-state index is -1.03. The molecule has 1 amide bonds. The monoisotopic (exact) mass is 346 g/mol. The lowest BCUT2D eigenvalue weighted by Gasteiger charge is -2.12. The maximum atomic E-state index is 11.9. The molecular weight excluding hydrogens is 324 g/mol. The summed E-state index contributed by atoms with van der Waals surface area (Å²) >= 11 is 0. The molecule has 0 bridgehead atoms. The first-order valence-corrected chi connectivity index (χ1v) is 8.06. The Morgan fingerprint density at radius 1 is 1.28 bits per heavy atom. The lowest BCUT2D eigenvalue weighted by atomic mass is 10.1. The summed E-state index contributed by atoms with van der Waals surface area (Å²) in [7, 11) is 0. The van der Waals surface area contributed by atoms with E-state index in [1.807, 2.05) is 13.8 Å². The summed E-state index contributed by atoms with van der Waals surface area (Å²) < 4.78 is 10.8. The molecule has 1 aromatic carbocycles. The van der Waals surface area contributed by atoms with Crippen molar-refractivity contribution in [1.29, 1.82) is 0 Å². The lowest BCUT2D eigenvalue weighted by Crippen LogP contribution is -2.40. The van der Waals surface area contributed by atoms with Crippen molar-refractivity contribution in [1.82, 2.24) is 10.5 Å². The molecular formula is C18H22N2O5. The minimum absolute atomic E-state index is 0.119. The van der Waals surface area contributed by atoms with E-state index in [1.54, 1.807) is 31.2 Å². The number of carboxylic acids is 1. The van der Waals surface area contributed by atoms with Gasteiger partial charge in [0.05, 0.1) is 17.7 Å². The maximum absolute atomic E-state index is 11.9. The second-order valence-corrected chi connectivity index (χ2v) is 5.78. The Labute approximate surface area is 146 Å². The summed E-state index contributed by atoms with van der Waals surface area (Å²) in [5.41, 5.74) is 2.50. The number of carbonyl (C=O) groups excluding carboxylic acids is 1. The molecule has 2 N–H and O–H groups in total. The van der Waals surface area contributed by atoms with Crippen LogP contribution >= 0.6 is 0 Å². The molecule has 2 rings (SSSR count). The molecule has 25 heavy (non-hydrogen) atoms. The normalized spacial score (nSPS) is 11.8. The minimum Gasteiger partial charge on any atom is -0.489 e. The van der Waals surface area contributed by atoms with Crippen molar-refractivity contribution in [2.75, 3.05) is 0 Å². The molecule has 0 aliphatic heterocycles. The molecule has 1 aromatic heterocycles. The number of carboxylic acid groups (broad SMARTS) is 1. The molecule has 7 heteroatoms. The van der Waals surface area contributed by atoms with E-state index in [1.165, 1.54) is 0 Å². The summed E-state index contributed by atoms with van der Waals surface area (Å²) in [6, 6.07) is 6.25. The second kappa shape index (κ2) is 8.32. The van der Waals surface area contributed by atoms with Crippen LogP contribution in [0.25, 0.3) is 0 Å². The van der Waals surface area contributed by atoms with E-state index in [0.29, 0.717) is 18.8 Å². The number of aromatic nitrogens is 1. The zero-order chi connectivity index (χ0) is 18.4. The SMILES string of the molecule is CCC(NC(=O)Cc1ccc(OCc2c(C)noc2C)cc1)C(=O)O. The third-order valence-corrected chi connectivity index (χ3v) is 3.89. The van der Waals surface area contributed by atoms with Crippen LogP contribution in [-0.2, 0) is 22.6 Å². The van der Waals surface area contributed by atoms with Crippen molar-refractivity contribution in [2.45, 2.75) is 46.3 Å². The van der Waals surface area contributed by atoms with Crippen molar-refractivity contribution < 1.29 is 24.0 Å². The second-order valence-electron chi connectivity index (χ2n) is 5.78. The average Bonchev–Trinajstić information content (AvgIpc) is 2.90. The standard InChI is InChI=1S/C18H22N2O5/c1-4-16(18(22)23)19-17(21)9-13-5-7-14(8-6-13)24-10-15-11(2)20-25-12(15)3/h5-8,16H,4,9-10H2,1-3H3,(H,19,21)(H,22,23). The number of ether oxygens (including phenoxy) is 1. The number of hydrogen-bond acceptors (Lipinski definition) is 5. The predicted octanol–water partition coefficient (Wildman–Crippen LogP) is 2.39. The topological polar surface area (TPSA) is 102 Å². The Hall–Kier alpha value is -2.83. The zero-order valence-electron chi connectivity index (χ0n) is 14.5. The van der Waals surface area contributed by atoms with Crippen LogP contribution in [0.4, 0.5) is 0 Å². The first kappa shape index (κ1) is 18.5. The van der Waals surface area contributed by atoms with Crippen LogP contribution in [0, 0.1) is 13.8 Å². The third-order valence-electron chi connectivity index (χ3n) is 3.89. The van der Waals surface area contributed by atoms with Gasteiger partial charge in [-0.3, -0.25) is 4.79 Å². The molecule has 2 aromatic rings. The van der Waals surface area contributed by atoms with Gasteiger partial charge < -0.3 is 19.7 Å². The Kier molecular flexibility index (Phi) is 6.16. The molecule has 0 aliphatic rings. The molecule has 0 aliphatic carbocycles. The quantitative estimate of drug-likeness (QED) is 0.761. The van der Waals surface area contributed by atoms with Gasteiger partial charge in [0, 0.05) is 0 Å². The van der Waals surface area contributed by atoms with Crippen LogP contribution < -0.4 is 10.1 Å². The van der Waals surface area contributed by atoms with Gasteiger partial charge in [0.2, 0.25) is 5.91 Å². The van der Waals surface area contributed by atoms with Gasteiger partial charge in [0.1, 0.15) is 24.2 Å². The molecule has 0 spiro atoms. The summed E-state index contributed by atoms with van der Waals surface area (Å²) in [6.07, 6.45) is 0.462. The van der Waals surface area contributed by atoms with Crippen LogP contribution in [0.15, 0.2) is 28.8 Å². The Morgan fingerprint density at radius 3 is 2.48 bits per heavy atom. The zero-order valence-corrected chi connectivity index (χ0v) is 14.5. The van der Waals surface area contributed by atoms with Gasteiger partial charge >= 0.3 is 5.97 Å². The van der Waals surface area contributed by atoms with Crippen LogP contribution in [0.3, 0.4) is 0 Å². The summed E-state index contributed by atoms with van der Waals surface area (Å²) in [5, 5.41) is 15.3. The summed E-state index contributed by atoms with van der Waals surface area (Å²) in [6.45, 7) is 5.76. The number of aryl methyl sites for hydroxylation is 2. The van der Waals surface area contributed by atoms with Gasteiger partial charge in [-0.05, 0) is 38.0 Å². The van der Waals surface area contributed by atoms with Gasteiger partial charge in [0.25, 0.3) is 0 Å². The number of hydrogen-bond donors (Lipinski definition) is 2. The molecule has 1 atom stereocenters. The van der Waals surface area contributed by atoms with Crippen LogP contribution in [0.1, 0.15) is 35.9 Å². The average molecular weight is 346 g/mol. The van der Waals surface area contributed by atoms with E-state index in [4.69, 9.17) is 14.4 Å². The predicted molar refractivity (Wildman–Crippen MR) is 90.3 cm³/mol. The summed E-state index contributed by atoms with van der Waals surface area (Å²) in [4.78, 5) is 22.8. The first-order valence-electron chi connectivity index (χ1n) is 8.06. The van der Waals surface area contributed by atoms with E-state index >= 15 is 0 Å². The van der Waals surface area contributed by atoms with Gasteiger partial charge in [-0.2, -0.15) is 0 Å². The highest BCUT2D eigenvalue weighted by Gasteiger charge is 2.17. The van der Waals surface area contributed by atoms with Crippen molar-refractivity contribution in [3.05, 3.63) is 46.8 Å². The maximum Gasteiger partial charge on any atom is 0.326 e. The number of benzene rings is 1. The highest BCUT2D eigenvalue weighted by Crippen LogP contribution is 2.18. The molecule has 0 radical (unpaired) electrons. The molecule has 1 unspecified atom stereocenters. The molecule has 134 valence electrons. The summed E-state index contributed by atoms with van der Waals surface area (Å²) in [5.74, 6) is 0.0494. The smallest absolute Gasteiger partial charge is 0.326 e. The molecule has 1 heterocycles. The number of nitrogens with one attached hydrogen (secondary N) is 1. The van der Waals surface area contributed by atoms with E-state index < -0.39 is 12.0 Å². The molecule has 0 saturated carbocycles. The largest absolute Gasteiger partial charge is 0.489 e. The fourth-order valence-electron chi connectivity index (χ4n) is 2.34. The van der Waals surface area contributed by atoms with E-state index in [9.17, 15) is 9.59 Å². The van der Waals surface area contributed by atoms with Crippen molar-refractivity contribution in [3.63, 3.8) is 0 Å². The molecule has 7 nitrogen and oxygen atoms in total. The Bertz CT molecular complexity index is 717. The van der Waals surface area contributed by atoms with Crippen LogP contribution in [-0.4, -0.2) is 28.2 Å². The van der Waals surface area contributed by atoms with Gasteiger partial charge in [0.15, 0.2) is 0 Å². The van der Waals surface area contributed by atoms with E-state index in [0.717, 1.165) is 22.6 Å². The highest BCUT2D eigenvalue weighted by atomic mass is 16.5. The molecule has 0 fully saturated rings. The highest BCUT2D eigenvalue weighted by molar-refractivity contribution is 5.84. The lowest BCUT2D eigenvalue weighted by molar-refractivity contribution is -0.141. The number of aliphatic carboxylic acids is 1. The Morgan fingerprint density at radius 2 is 1.96 bits per heavy atom. The fraction of sp³-hybridized carbons (Fsp3) is 0.389. The Balaban J connectivity index is 1.89. The van der Waals surface area contributed by atoms with E-state index in [-0.39, 0.29) is 12.3 Å². The molecule has 0 saturated heterocycles. The van der Waals surface area contributed by atoms with Crippen molar-refractivity contribution >= 4 is 11.9 Å². The number of amides is 1. The van der Waals surface area contributed by atoms with Crippen molar-refractivity contribution in [2.24, 2.45) is 0 Å². The van der Waals surface area contributed by atoms with Gasteiger partial charge in [-0.1, -0.05) is 24.2 Å².